The lowest BCUT2D eigenvalue weighted by Gasteiger charge is -2.17. The Hall–Kier alpha value is -3.73. The van der Waals surface area contributed by atoms with Gasteiger partial charge in [0, 0.05) is 6.42 Å². The van der Waals surface area contributed by atoms with Crippen LogP contribution in [0.4, 0.5) is 0 Å². The Balaban J connectivity index is 1.56. The van der Waals surface area contributed by atoms with E-state index in [-0.39, 0.29) is 18.2 Å². The molecule has 4 aromatic rings. The van der Waals surface area contributed by atoms with Gasteiger partial charge in [0.15, 0.2) is 5.78 Å². The quantitative estimate of drug-likeness (QED) is 0.478. The Bertz CT molecular complexity index is 1180. The third kappa shape index (κ3) is 5.07. The van der Waals surface area contributed by atoms with Gasteiger partial charge in [-0.05, 0) is 36.6 Å². The van der Waals surface area contributed by atoms with Crippen LogP contribution >= 0.6 is 0 Å². The van der Waals surface area contributed by atoms with Crippen molar-refractivity contribution in [2.75, 3.05) is 0 Å². The van der Waals surface area contributed by atoms with Crippen LogP contribution < -0.4 is 5.32 Å². The molecule has 0 spiro atoms. The van der Waals surface area contributed by atoms with Crippen LogP contribution in [0.25, 0.3) is 11.0 Å². The Morgan fingerprint density at radius 2 is 1.48 bits per heavy atom. The first-order valence-electron chi connectivity index (χ1n) is 10.4. The topological polar surface area (TPSA) is 64.0 Å². The minimum absolute atomic E-state index is 0.0581. The monoisotopic (exact) mass is 411 g/mol. The molecule has 1 amide bonds. The number of imidazole rings is 1. The van der Waals surface area contributed by atoms with Crippen LogP contribution in [0.2, 0.25) is 0 Å². The fraction of sp³-hybridized carbons (Fsp3) is 0.192. The number of nitrogens with one attached hydrogen (secondary N) is 1. The second-order valence-corrected chi connectivity index (χ2v) is 7.69. The highest BCUT2D eigenvalue weighted by Gasteiger charge is 2.20. The van der Waals surface area contributed by atoms with Crippen LogP contribution in [0.1, 0.15) is 23.9 Å². The molecule has 5 nitrogen and oxygen atoms in total. The first-order valence-corrected chi connectivity index (χ1v) is 10.4. The molecular formula is C26H25N3O2. The number of benzene rings is 3. The number of rotatable bonds is 8. The molecule has 1 N–H and O–H groups in total. The molecule has 1 aromatic heterocycles. The highest BCUT2D eigenvalue weighted by Crippen LogP contribution is 2.18. The van der Waals surface area contributed by atoms with Gasteiger partial charge in [-0.2, -0.15) is 0 Å². The van der Waals surface area contributed by atoms with E-state index in [2.05, 4.69) is 17.4 Å². The molecule has 0 aliphatic heterocycles. The molecule has 4 rings (SSSR count). The standard InChI is InChI=1S/C26H25N3O2/c1-19(30)23(16-20-10-4-2-5-11-20)28-26(31)18-29-24-15-9-8-14-22(24)27-25(29)17-21-12-6-3-7-13-21/h2-15,23H,16-18H2,1H3,(H,28,31)/t23-/m1/s1. The maximum absolute atomic E-state index is 13.0. The molecule has 5 heteroatoms. The number of Topliss-reactive ketones (excluding diaryl/α,β-unsaturated/α-hetero) is 1. The summed E-state index contributed by atoms with van der Waals surface area (Å²) in [6, 6.07) is 27.0. The van der Waals surface area contributed by atoms with Gasteiger partial charge < -0.3 is 9.88 Å². The summed E-state index contributed by atoms with van der Waals surface area (Å²) in [5.41, 5.74) is 3.91. The number of carbonyl (C=O) groups excluding carboxylic acids is 2. The average molecular weight is 412 g/mol. The summed E-state index contributed by atoms with van der Waals surface area (Å²) >= 11 is 0. The van der Waals surface area contributed by atoms with E-state index in [1.807, 2.05) is 77.4 Å². The molecule has 156 valence electrons. The van der Waals surface area contributed by atoms with Crippen LogP contribution in [-0.4, -0.2) is 27.3 Å². The largest absolute Gasteiger partial charge is 0.344 e. The zero-order valence-electron chi connectivity index (χ0n) is 17.5. The number of nitrogens with zero attached hydrogens (tertiary/aromatic N) is 2. The molecule has 0 saturated carbocycles. The number of para-hydroxylation sites is 2. The number of ketones is 1. The van der Waals surface area contributed by atoms with Crippen molar-refractivity contribution in [1.29, 1.82) is 0 Å². The second kappa shape index (κ2) is 9.39. The molecule has 0 fully saturated rings. The smallest absolute Gasteiger partial charge is 0.240 e. The normalized spacial score (nSPS) is 11.9. The summed E-state index contributed by atoms with van der Waals surface area (Å²) in [6.45, 7) is 1.63. The average Bonchev–Trinajstić information content (AvgIpc) is 3.11. The van der Waals surface area contributed by atoms with Gasteiger partial charge in [0.2, 0.25) is 5.91 Å². The molecule has 1 atom stereocenters. The first-order chi connectivity index (χ1) is 15.1. The van der Waals surface area contributed by atoms with Gasteiger partial charge in [-0.25, -0.2) is 4.98 Å². The van der Waals surface area contributed by atoms with Crippen LogP contribution in [0.3, 0.4) is 0 Å². The maximum Gasteiger partial charge on any atom is 0.240 e. The summed E-state index contributed by atoms with van der Waals surface area (Å²) in [5, 5.41) is 2.92. The van der Waals surface area contributed by atoms with Gasteiger partial charge in [-0.15, -0.1) is 0 Å². The summed E-state index contributed by atoms with van der Waals surface area (Å²) in [4.78, 5) is 29.9. The van der Waals surface area contributed by atoms with Crippen molar-refractivity contribution in [2.45, 2.75) is 32.4 Å². The van der Waals surface area contributed by atoms with Crippen molar-refractivity contribution < 1.29 is 9.59 Å². The van der Waals surface area contributed by atoms with E-state index in [0.717, 1.165) is 28.0 Å². The van der Waals surface area contributed by atoms with Crippen molar-refractivity contribution in [3.8, 4) is 0 Å². The zero-order valence-corrected chi connectivity index (χ0v) is 17.5. The highest BCUT2D eigenvalue weighted by molar-refractivity contribution is 5.88. The highest BCUT2D eigenvalue weighted by atomic mass is 16.2. The van der Waals surface area contributed by atoms with E-state index >= 15 is 0 Å². The fourth-order valence-corrected chi connectivity index (χ4v) is 3.74. The van der Waals surface area contributed by atoms with Gasteiger partial charge in [-0.3, -0.25) is 9.59 Å². The third-order valence-corrected chi connectivity index (χ3v) is 5.35. The third-order valence-electron chi connectivity index (χ3n) is 5.35. The van der Waals surface area contributed by atoms with Gasteiger partial charge in [0.25, 0.3) is 0 Å². The van der Waals surface area contributed by atoms with Gasteiger partial charge >= 0.3 is 0 Å². The summed E-state index contributed by atoms with van der Waals surface area (Å²) in [6.07, 6.45) is 1.10. The van der Waals surface area contributed by atoms with E-state index < -0.39 is 6.04 Å². The summed E-state index contributed by atoms with van der Waals surface area (Å²) < 4.78 is 1.94. The molecule has 3 aromatic carbocycles. The number of fused-ring (bicyclic) bond motifs is 1. The van der Waals surface area contributed by atoms with Crippen LogP contribution in [-0.2, 0) is 29.0 Å². The van der Waals surface area contributed by atoms with Crippen LogP contribution in [0.5, 0.6) is 0 Å². The number of amides is 1. The zero-order chi connectivity index (χ0) is 21.6. The van der Waals surface area contributed by atoms with Crippen LogP contribution in [0.15, 0.2) is 84.9 Å². The Morgan fingerprint density at radius 3 is 2.16 bits per heavy atom. The van der Waals surface area contributed by atoms with Gasteiger partial charge in [-0.1, -0.05) is 72.8 Å². The Kier molecular flexibility index (Phi) is 6.22. The minimum Gasteiger partial charge on any atom is -0.344 e. The van der Waals surface area contributed by atoms with Crippen LogP contribution in [0, 0.1) is 0 Å². The van der Waals surface area contributed by atoms with E-state index in [9.17, 15) is 9.59 Å². The number of carbonyl (C=O) groups is 2. The lowest BCUT2D eigenvalue weighted by Crippen LogP contribution is -2.43. The Morgan fingerprint density at radius 1 is 0.871 bits per heavy atom. The molecule has 0 aliphatic rings. The number of hydrogen-bond acceptors (Lipinski definition) is 3. The van der Waals surface area contributed by atoms with E-state index in [0.29, 0.717) is 12.8 Å². The molecule has 0 radical (unpaired) electrons. The maximum atomic E-state index is 13.0. The lowest BCUT2D eigenvalue weighted by molar-refractivity contribution is -0.127. The van der Waals surface area contributed by atoms with Gasteiger partial charge in [0.05, 0.1) is 17.1 Å². The first kappa shape index (κ1) is 20.5. The van der Waals surface area contributed by atoms with Gasteiger partial charge in [0.1, 0.15) is 12.4 Å². The van der Waals surface area contributed by atoms with Crippen molar-refractivity contribution in [1.82, 2.24) is 14.9 Å². The molecule has 0 unspecified atom stereocenters. The molecule has 1 heterocycles. The molecule has 0 bridgehead atoms. The molecule has 0 saturated heterocycles. The van der Waals surface area contributed by atoms with E-state index in [1.54, 1.807) is 0 Å². The number of aromatic nitrogens is 2. The summed E-state index contributed by atoms with van der Waals surface area (Å²) in [5.74, 6) is 0.566. The SMILES string of the molecule is CC(=O)[C@@H](Cc1ccccc1)NC(=O)Cn1c(Cc2ccccc2)nc2ccccc21. The minimum atomic E-state index is -0.553. The lowest BCUT2D eigenvalue weighted by atomic mass is 10.0. The molecule has 31 heavy (non-hydrogen) atoms. The molecular weight excluding hydrogens is 386 g/mol. The number of hydrogen-bond donors (Lipinski definition) is 1. The van der Waals surface area contributed by atoms with Crippen molar-refractivity contribution in [2.24, 2.45) is 0 Å². The van der Waals surface area contributed by atoms with Crippen molar-refractivity contribution in [3.63, 3.8) is 0 Å². The summed E-state index contributed by atoms with van der Waals surface area (Å²) in [7, 11) is 0. The van der Waals surface area contributed by atoms with E-state index in [4.69, 9.17) is 4.98 Å². The van der Waals surface area contributed by atoms with Crippen molar-refractivity contribution in [3.05, 3.63) is 102 Å². The molecule has 0 aliphatic carbocycles. The second-order valence-electron chi connectivity index (χ2n) is 7.69. The fourth-order valence-electron chi connectivity index (χ4n) is 3.74. The predicted octanol–water partition coefficient (Wildman–Crippen LogP) is 3.94. The Labute approximate surface area is 181 Å². The predicted molar refractivity (Wildman–Crippen MR) is 122 cm³/mol. The van der Waals surface area contributed by atoms with Crippen molar-refractivity contribution >= 4 is 22.7 Å². The van der Waals surface area contributed by atoms with E-state index in [1.165, 1.54) is 6.92 Å².